The number of nitrogens with one attached hydrogen (secondary N) is 1. The van der Waals surface area contributed by atoms with Crippen molar-refractivity contribution in [1.29, 1.82) is 0 Å². The van der Waals surface area contributed by atoms with Gasteiger partial charge in [0.2, 0.25) is 0 Å². The number of thioether (sulfide) groups is 1. The minimum atomic E-state index is -0.0665. The zero-order chi connectivity index (χ0) is 24.9. The number of nitrogens with zero attached hydrogens (tertiary/aromatic N) is 3. The number of pyridine rings is 1. The number of hydrogen-bond donors (Lipinski definition) is 1. The SMILES string of the molecule is Cc1cccc(CNC(=O)c2ccc(CSc3nc4ccncc4n3Cc3ccccc3C)cc2)c1. The third-order valence-electron chi connectivity index (χ3n) is 6.22. The van der Waals surface area contributed by atoms with Crippen molar-refractivity contribution in [2.45, 2.75) is 37.8 Å². The standard InChI is InChI=1S/C30H28N4OS/c1-21-6-5-8-24(16-21)17-32-29(35)25-12-10-23(11-13-25)20-36-30-33-27-14-15-31-18-28(27)34(30)19-26-9-4-3-7-22(26)2/h3-16,18H,17,19-20H2,1-2H3,(H,32,35). The van der Waals surface area contributed by atoms with Gasteiger partial charge in [0, 0.05) is 24.1 Å². The van der Waals surface area contributed by atoms with Gasteiger partial charge in [0.25, 0.3) is 5.91 Å². The number of hydrogen-bond acceptors (Lipinski definition) is 4. The molecule has 0 spiro atoms. The summed E-state index contributed by atoms with van der Waals surface area (Å²) in [5.74, 6) is 0.693. The topological polar surface area (TPSA) is 59.8 Å². The number of imidazole rings is 1. The highest BCUT2D eigenvalue weighted by Gasteiger charge is 2.13. The van der Waals surface area contributed by atoms with E-state index in [0.29, 0.717) is 12.1 Å². The fourth-order valence-corrected chi connectivity index (χ4v) is 5.15. The Kier molecular flexibility index (Phi) is 7.14. The Balaban J connectivity index is 1.27. The van der Waals surface area contributed by atoms with E-state index in [1.165, 1.54) is 16.7 Å². The van der Waals surface area contributed by atoms with E-state index in [1.54, 1.807) is 18.0 Å². The van der Waals surface area contributed by atoms with Crippen molar-refractivity contribution >= 4 is 28.7 Å². The van der Waals surface area contributed by atoms with Gasteiger partial charge in [-0.1, -0.05) is 78.0 Å². The van der Waals surface area contributed by atoms with Gasteiger partial charge < -0.3 is 9.88 Å². The molecule has 5 rings (SSSR count). The second-order valence-electron chi connectivity index (χ2n) is 8.93. The Morgan fingerprint density at radius 3 is 2.58 bits per heavy atom. The quantitative estimate of drug-likeness (QED) is 0.258. The third kappa shape index (κ3) is 5.50. The van der Waals surface area contributed by atoms with Crippen LogP contribution in [-0.2, 0) is 18.8 Å². The van der Waals surface area contributed by atoms with Crippen LogP contribution < -0.4 is 5.32 Å². The second kappa shape index (κ2) is 10.8. The zero-order valence-corrected chi connectivity index (χ0v) is 21.3. The maximum atomic E-state index is 12.6. The summed E-state index contributed by atoms with van der Waals surface area (Å²) < 4.78 is 2.24. The van der Waals surface area contributed by atoms with Gasteiger partial charge in [-0.05, 0) is 54.3 Å². The molecule has 0 unspecified atom stereocenters. The number of rotatable bonds is 8. The van der Waals surface area contributed by atoms with Crippen LogP contribution in [0.1, 0.15) is 38.2 Å². The van der Waals surface area contributed by atoms with Crippen LogP contribution in [0.15, 0.2) is 96.4 Å². The summed E-state index contributed by atoms with van der Waals surface area (Å²) in [6.45, 7) is 5.45. The average molecular weight is 493 g/mol. The fraction of sp³-hybridized carbons (Fsp3) is 0.167. The highest BCUT2D eigenvalue weighted by atomic mass is 32.2. The first-order chi connectivity index (χ1) is 17.6. The van der Waals surface area contributed by atoms with Gasteiger partial charge in [-0.2, -0.15) is 0 Å². The Hall–Kier alpha value is -3.90. The fourth-order valence-electron chi connectivity index (χ4n) is 4.18. The molecule has 5 aromatic rings. The number of aromatic nitrogens is 3. The van der Waals surface area contributed by atoms with Crippen molar-refractivity contribution in [3.8, 4) is 0 Å². The molecule has 0 saturated heterocycles. The summed E-state index contributed by atoms with van der Waals surface area (Å²) in [5, 5.41) is 3.97. The molecule has 2 heterocycles. The summed E-state index contributed by atoms with van der Waals surface area (Å²) in [5.41, 5.74) is 8.59. The number of carbonyl (C=O) groups is 1. The molecule has 0 aliphatic heterocycles. The molecule has 180 valence electrons. The number of benzene rings is 3. The maximum Gasteiger partial charge on any atom is 0.251 e. The smallest absolute Gasteiger partial charge is 0.251 e. The summed E-state index contributed by atoms with van der Waals surface area (Å²) >= 11 is 1.70. The van der Waals surface area contributed by atoms with Gasteiger partial charge >= 0.3 is 0 Å². The second-order valence-corrected chi connectivity index (χ2v) is 9.87. The maximum absolute atomic E-state index is 12.6. The molecule has 0 saturated carbocycles. The van der Waals surface area contributed by atoms with Crippen molar-refractivity contribution in [3.05, 3.63) is 125 Å². The predicted molar refractivity (Wildman–Crippen MR) is 146 cm³/mol. The molecular weight excluding hydrogens is 464 g/mol. The Labute approximate surface area is 215 Å². The van der Waals surface area contributed by atoms with Crippen LogP contribution in [0.4, 0.5) is 0 Å². The molecule has 0 atom stereocenters. The molecule has 0 fully saturated rings. The highest BCUT2D eigenvalue weighted by Crippen LogP contribution is 2.28. The van der Waals surface area contributed by atoms with Crippen molar-refractivity contribution in [2.75, 3.05) is 0 Å². The van der Waals surface area contributed by atoms with Gasteiger partial charge in [0.05, 0.1) is 23.8 Å². The van der Waals surface area contributed by atoms with Crippen LogP contribution in [-0.4, -0.2) is 20.4 Å². The van der Waals surface area contributed by atoms with E-state index < -0.39 is 0 Å². The first kappa shape index (κ1) is 23.8. The predicted octanol–water partition coefficient (Wildman–Crippen LogP) is 6.32. The number of amides is 1. The van der Waals surface area contributed by atoms with E-state index in [0.717, 1.165) is 39.6 Å². The number of carbonyl (C=O) groups excluding carboxylic acids is 1. The molecule has 3 aromatic carbocycles. The van der Waals surface area contributed by atoms with Gasteiger partial charge in [-0.25, -0.2) is 4.98 Å². The summed E-state index contributed by atoms with van der Waals surface area (Å²) in [6, 6.07) is 26.4. The first-order valence-corrected chi connectivity index (χ1v) is 13.0. The molecule has 2 aromatic heterocycles. The summed E-state index contributed by atoms with van der Waals surface area (Å²) in [7, 11) is 0. The molecule has 1 amide bonds. The van der Waals surface area contributed by atoms with Crippen LogP contribution in [0.3, 0.4) is 0 Å². The van der Waals surface area contributed by atoms with Crippen LogP contribution in [0.25, 0.3) is 11.0 Å². The van der Waals surface area contributed by atoms with Crippen molar-refractivity contribution in [3.63, 3.8) is 0 Å². The summed E-state index contributed by atoms with van der Waals surface area (Å²) in [4.78, 5) is 21.8. The minimum absolute atomic E-state index is 0.0665. The Morgan fingerprint density at radius 1 is 0.944 bits per heavy atom. The largest absolute Gasteiger partial charge is 0.348 e. The lowest BCUT2D eigenvalue weighted by Crippen LogP contribution is -2.22. The number of fused-ring (bicyclic) bond motifs is 1. The molecular formula is C30H28N4OS. The lowest BCUT2D eigenvalue weighted by atomic mass is 10.1. The molecule has 1 N–H and O–H groups in total. The van der Waals surface area contributed by atoms with Gasteiger partial charge in [0.1, 0.15) is 0 Å². The normalized spacial score (nSPS) is 11.1. The van der Waals surface area contributed by atoms with E-state index >= 15 is 0 Å². The number of aryl methyl sites for hydroxylation is 2. The highest BCUT2D eigenvalue weighted by molar-refractivity contribution is 7.98. The van der Waals surface area contributed by atoms with Crippen LogP contribution in [0.2, 0.25) is 0 Å². The van der Waals surface area contributed by atoms with Crippen molar-refractivity contribution in [2.24, 2.45) is 0 Å². The van der Waals surface area contributed by atoms with Gasteiger partial charge in [-0.15, -0.1) is 0 Å². The molecule has 0 radical (unpaired) electrons. The van der Waals surface area contributed by atoms with E-state index in [1.807, 2.05) is 48.7 Å². The molecule has 6 heteroatoms. The van der Waals surface area contributed by atoms with Crippen LogP contribution in [0.5, 0.6) is 0 Å². The van der Waals surface area contributed by atoms with E-state index in [9.17, 15) is 4.79 Å². The Morgan fingerprint density at radius 2 is 1.78 bits per heavy atom. The van der Waals surface area contributed by atoms with Gasteiger partial charge in [0.15, 0.2) is 5.16 Å². The first-order valence-electron chi connectivity index (χ1n) is 12.0. The lowest BCUT2D eigenvalue weighted by molar-refractivity contribution is 0.0951. The minimum Gasteiger partial charge on any atom is -0.348 e. The monoisotopic (exact) mass is 492 g/mol. The third-order valence-corrected chi connectivity index (χ3v) is 7.27. The molecule has 5 nitrogen and oxygen atoms in total. The van der Waals surface area contributed by atoms with Gasteiger partial charge in [-0.3, -0.25) is 9.78 Å². The molecule has 0 aliphatic carbocycles. The van der Waals surface area contributed by atoms with Crippen molar-refractivity contribution < 1.29 is 4.79 Å². The molecule has 0 bridgehead atoms. The molecule has 36 heavy (non-hydrogen) atoms. The van der Waals surface area contributed by atoms with E-state index in [-0.39, 0.29) is 5.91 Å². The molecule has 0 aliphatic rings. The lowest BCUT2D eigenvalue weighted by Gasteiger charge is -2.11. The van der Waals surface area contributed by atoms with E-state index in [4.69, 9.17) is 4.98 Å². The zero-order valence-electron chi connectivity index (χ0n) is 20.4. The van der Waals surface area contributed by atoms with Crippen LogP contribution >= 0.6 is 11.8 Å². The van der Waals surface area contributed by atoms with E-state index in [2.05, 4.69) is 65.1 Å². The van der Waals surface area contributed by atoms with Crippen LogP contribution in [0, 0.1) is 13.8 Å². The average Bonchev–Trinajstić information content (AvgIpc) is 3.25. The van der Waals surface area contributed by atoms with Crippen molar-refractivity contribution in [1.82, 2.24) is 19.9 Å². The Bertz CT molecular complexity index is 1510. The summed E-state index contributed by atoms with van der Waals surface area (Å²) in [6.07, 6.45) is 3.67.